The van der Waals surface area contributed by atoms with Crippen LogP contribution >= 0.6 is 0 Å². The Balaban J connectivity index is 1.91. The maximum atomic E-state index is 6.18. The zero-order chi connectivity index (χ0) is 14.3. The van der Waals surface area contributed by atoms with E-state index in [1.807, 2.05) is 0 Å². The molecule has 2 aliphatic heterocycles. The van der Waals surface area contributed by atoms with Gasteiger partial charge in [-0.2, -0.15) is 0 Å². The van der Waals surface area contributed by atoms with Crippen LogP contribution in [0.1, 0.15) is 25.8 Å². The van der Waals surface area contributed by atoms with Crippen molar-refractivity contribution in [2.75, 3.05) is 24.5 Å². The van der Waals surface area contributed by atoms with Crippen molar-refractivity contribution in [1.29, 1.82) is 0 Å². The molecule has 1 spiro atoms. The van der Waals surface area contributed by atoms with Crippen LogP contribution in [-0.2, 0) is 0 Å². The summed E-state index contributed by atoms with van der Waals surface area (Å²) in [6, 6.07) is 9.18. The normalized spacial score (nSPS) is 26.8. The lowest BCUT2D eigenvalue weighted by molar-refractivity contribution is 0.260. The van der Waals surface area contributed by atoms with E-state index in [0.717, 1.165) is 26.1 Å². The molecule has 3 rings (SSSR count). The van der Waals surface area contributed by atoms with E-state index in [9.17, 15) is 0 Å². The predicted molar refractivity (Wildman–Crippen MR) is 84.2 cm³/mol. The molecule has 0 radical (unpaired) electrons. The van der Waals surface area contributed by atoms with Crippen LogP contribution in [0.5, 0.6) is 0 Å². The summed E-state index contributed by atoms with van der Waals surface area (Å²) < 4.78 is 0. The first kappa shape index (κ1) is 13.4. The molecule has 1 saturated heterocycles. The van der Waals surface area contributed by atoms with Crippen LogP contribution in [0.4, 0.5) is 5.69 Å². The molecule has 1 aromatic carbocycles. The molecule has 1 unspecified atom stereocenters. The van der Waals surface area contributed by atoms with E-state index < -0.39 is 0 Å². The number of guanidine groups is 1. The van der Waals surface area contributed by atoms with Gasteiger partial charge in [-0.25, -0.2) is 0 Å². The minimum absolute atomic E-state index is 0.0591. The minimum Gasteiger partial charge on any atom is -0.369 e. The van der Waals surface area contributed by atoms with Crippen molar-refractivity contribution in [3.8, 4) is 0 Å². The standard InChI is InChI=1S/C16H24N4/c1-12(2)19-9-8-16(11-19)10-18-15(17)20(16)14-6-4-13(3)5-7-14/h4-7,12H,8-11H2,1-3H3,(H2,17,18). The Labute approximate surface area is 121 Å². The molecular formula is C16H24N4. The van der Waals surface area contributed by atoms with Crippen LogP contribution in [0.25, 0.3) is 0 Å². The lowest BCUT2D eigenvalue weighted by Crippen LogP contribution is -2.54. The quantitative estimate of drug-likeness (QED) is 0.895. The van der Waals surface area contributed by atoms with Crippen molar-refractivity contribution >= 4 is 11.6 Å². The first-order valence-electron chi connectivity index (χ1n) is 7.43. The molecule has 0 aliphatic carbocycles. The van der Waals surface area contributed by atoms with E-state index in [-0.39, 0.29) is 5.54 Å². The van der Waals surface area contributed by atoms with Gasteiger partial charge in [-0.05, 0) is 39.3 Å². The molecule has 0 aromatic heterocycles. The van der Waals surface area contributed by atoms with Crippen LogP contribution < -0.4 is 10.6 Å². The molecule has 1 atom stereocenters. The Morgan fingerprint density at radius 3 is 2.55 bits per heavy atom. The Kier molecular flexibility index (Phi) is 3.21. The molecule has 1 fully saturated rings. The number of hydrogen-bond acceptors (Lipinski definition) is 4. The van der Waals surface area contributed by atoms with Gasteiger partial charge in [0.15, 0.2) is 5.96 Å². The van der Waals surface area contributed by atoms with Crippen molar-refractivity contribution in [1.82, 2.24) is 4.90 Å². The van der Waals surface area contributed by atoms with E-state index in [0.29, 0.717) is 12.0 Å². The van der Waals surface area contributed by atoms with Gasteiger partial charge < -0.3 is 10.6 Å². The number of anilines is 1. The Hall–Kier alpha value is -1.55. The summed E-state index contributed by atoms with van der Waals surface area (Å²) in [5.74, 6) is 0.666. The summed E-state index contributed by atoms with van der Waals surface area (Å²) >= 11 is 0. The van der Waals surface area contributed by atoms with Crippen molar-refractivity contribution in [3.63, 3.8) is 0 Å². The molecular weight excluding hydrogens is 248 g/mol. The smallest absolute Gasteiger partial charge is 0.196 e. The van der Waals surface area contributed by atoms with Crippen LogP contribution in [0.2, 0.25) is 0 Å². The third-order valence-corrected chi connectivity index (χ3v) is 4.62. The highest BCUT2D eigenvalue weighted by Crippen LogP contribution is 2.36. The topological polar surface area (TPSA) is 44.9 Å². The SMILES string of the molecule is Cc1ccc(N2C(N)=NCC23CCN(C(C)C)C3)cc1. The summed E-state index contributed by atoms with van der Waals surface area (Å²) in [4.78, 5) is 9.32. The fourth-order valence-corrected chi connectivity index (χ4v) is 3.35. The third kappa shape index (κ3) is 2.08. The number of aryl methyl sites for hydroxylation is 1. The summed E-state index contributed by atoms with van der Waals surface area (Å²) in [7, 11) is 0. The second kappa shape index (κ2) is 4.77. The van der Waals surface area contributed by atoms with Gasteiger partial charge in [0, 0.05) is 24.8 Å². The summed E-state index contributed by atoms with van der Waals surface area (Å²) in [6.07, 6.45) is 1.13. The van der Waals surface area contributed by atoms with Gasteiger partial charge in [0.1, 0.15) is 0 Å². The molecule has 4 nitrogen and oxygen atoms in total. The number of benzene rings is 1. The third-order valence-electron chi connectivity index (χ3n) is 4.62. The van der Waals surface area contributed by atoms with E-state index in [1.165, 1.54) is 11.3 Å². The van der Waals surface area contributed by atoms with Crippen LogP contribution in [-0.4, -0.2) is 42.1 Å². The second-order valence-corrected chi connectivity index (χ2v) is 6.38. The van der Waals surface area contributed by atoms with Gasteiger partial charge >= 0.3 is 0 Å². The summed E-state index contributed by atoms with van der Waals surface area (Å²) in [6.45, 7) is 9.61. The van der Waals surface area contributed by atoms with E-state index >= 15 is 0 Å². The van der Waals surface area contributed by atoms with Crippen molar-refractivity contribution in [2.24, 2.45) is 10.7 Å². The molecule has 0 amide bonds. The molecule has 0 bridgehead atoms. The van der Waals surface area contributed by atoms with Crippen LogP contribution in [0.15, 0.2) is 29.3 Å². The lowest BCUT2D eigenvalue weighted by Gasteiger charge is -2.36. The monoisotopic (exact) mass is 272 g/mol. The molecule has 20 heavy (non-hydrogen) atoms. The maximum Gasteiger partial charge on any atom is 0.196 e. The van der Waals surface area contributed by atoms with Crippen molar-refractivity contribution in [3.05, 3.63) is 29.8 Å². The fraction of sp³-hybridized carbons (Fsp3) is 0.562. The lowest BCUT2D eigenvalue weighted by atomic mass is 9.96. The highest BCUT2D eigenvalue weighted by Gasteiger charge is 2.48. The minimum atomic E-state index is 0.0591. The first-order chi connectivity index (χ1) is 9.52. The van der Waals surface area contributed by atoms with Gasteiger partial charge in [0.05, 0.1) is 12.1 Å². The van der Waals surface area contributed by atoms with Crippen LogP contribution in [0, 0.1) is 6.92 Å². The summed E-state index contributed by atoms with van der Waals surface area (Å²) in [5, 5.41) is 0. The molecule has 4 heteroatoms. The average Bonchev–Trinajstić information content (AvgIpc) is 2.97. The largest absolute Gasteiger partial charge is 0.369 e. The first-order valence-corrected chi connectivity index (χ1v) is 7.43. The number of aliphatic imine (C=N–C) groups is 1. The van der Waals surface area contributed by atoms with Crippen molar-refractivity contribution in [2.45, 2.75) is 38.8 Å². The van der Waals surface area contributed by atoms with Crippen molar-refractivity contribution < 1.29 is 0 Å². The Morgan fingerprint density at radius 1 is 1.25 bits per heavy atom. The zero-order valence-corrected chi connectivity index (χ0v) is 12.6. The Bertz CT molecular complexity index is 520. The van der Waals surface area contributed by atoms with Gasteiger partial charge in [-0.1, -0.05) is 17.7 Å². The molecule has 0 saturated carbocycles. The number of nitrogens with two attached hydrogens (primary N) is 1. The van der Waals surface area contributed by atoms with E-state index in [2.05, 4.69) is 59.8 Å². The molecule has 2 heterocycles. The molecule has 2 N–H and O–H groups in total. The predicted octanol–water partition coefficient (Wildman–Crippen LogP) is 1.98. The fourth-order valence-electron chi connectivity index (χ4n) is 3.35. The zero-order valence-electron chi connectivity index (χ0n) is 12.6. The van der Waals surface area contributed by atoms with Gasteiger partial charge in [0.2, 0.25) is 0 Å². The second-order valence-electron chi connectivity index (χ2n) is 6.38. The van der Waals surface area contributed by atoms with Gasteiger partial charge in [-0.3, -0.25) is 9.89 Å². The number of nitrogens with zero attached hydrogens (tertiary/aromatic N) is 3. The maximum absolute atomic E-state index is 6.18. The van der Waals surface area contributed by atoms with Gasteiger partial charge in [-0.15, -0.1) is 0 Å². The summed E-state index contributed by atoms with van der Waals surface area (Å²) in [5.41, 5.74) is 8.68. The number of hydrogen-bond donors (Lipinski definition) is 1. The van der Waals surface area contributed by atoms with E-state index in [4.69, 9.17) is 5.73 Å². The van der Waals surface area contributed by atoms with E-state index in [1.54, 1.807) is 0 Å². The van der Waals surface area contributed by atoms with Crippen LogP contribution in [0.3, 0.4) is 0 Å². The van der Waals surface area contributed by atoms with Gasteiger partial charge in [0.25, 0.3) is 0 Å². The molecule has 108 valence electrons. The number of rotatable bonds is 2. The average molecular weight is 272 g/mol. The molecule has 2 aliphatic rings. The molecule has 1 aromatic rings. The highest BCUT2D eigenvalue weighted by atomic mass is 15.4. The Morgan fingerprint density at radius 2 is 1.95 bits per heavy atom. The highest BCUT2D eigenvalue weighted by molar-refractivity contribution is 5.98. The number of likely N-dealkylation sites (tertiary alicyclic amines) is 1.